The van der Waals surface area contributed by atoms with Crippen LogP contribution >= 0.6 is 0 Å². The third-order valence-electron chi connectivity index (χ3n) is 3.33. The topological polar surface area (TPSA) is 55.9 Å². The highest BCUT2D eigenvalue weighted by molar-refractivity contribution is 5.48. The van der Waals surface area contributed by atoms with Gasteiger partial charge in [0, 0.05) is 18.2 Å². The van der Waals surface area contributed by atoms with E-state index in [0.717, 1.165) is 30.0 Å². The first kappa shape index (κ1) is 13.4. The molecule has 1 unspecified atom stereocenters. The zero-order valence-corrected chi connectivity index (χ0v) is 11.9. The molecule has 0 saturated carbocycles. The zero-order chi connectivity index (χ0) is 14.5. The maximum Gasteiger partial charge on any atom is 0.103 e. The van der Waals surface area contributed by atoms with Gasteiger partial charge in [0.2, 0.25) is 0 Å². The van der Waals surface area contributed by atoms with E-state index in [1.807, 2.05) is 36.4 Å². The van der Waals surface area contributed by atoms with Crippen LogP contribution in [0.15, 0.2) is 59.5 Å². The lowest BCUT2D eigenvalue weighted by Gasteiger charge is -2.14. The molecule has 0 fully saturated rings. The van der Waals surface area contributed by atoms with E-state index in [2.05, 4.69) is 22.4 Å². The number of benzene rings is 1. The van der Waals surface area contributed by atoms with Crippen LogP contribution in [0.5, 0.6) is 0 Å². The van der Waals surface area contributed by atoms with Crippen LogP contribution in [0.25, 0.3) is 5.69 Å². The fourth-order valence-corrected chi connectivity index (χ4v) is 2.21. The van der Waals surface area contributed by atoms with E-state index < -0.39 is 0 Å². The van der Waals surface area contributed by atoms with Crippen LogP contribution in [-0.4, -0.2) is 21.0 Å². The predicted octanol–water partition coefficient (Wildman–Crippen LogP) is 3.29. The Morgan fingerprint density at radius 1 is 1.14 bits per heavy atom. The number of rotatable bonds is 6. The van der Waals surface area contributed by atoms with Crippen molar-refractivity contribution >= 4 is 5.69 Å². The van der Waals surface area contributed by atoms with Gasteiger partial charge in [-0.2, -0.15) is 15.0 Å². The Kier molecular flexibility index (Phi) is 4.00. The molecule has 0 aliphatic heterocycles. The Morgan fingerprint density at radius 3 is 2.57 bits per heavy atom. The summed E-state index contributed by atoms with van der Waals surface area (Å²) in [5.74, 6) is 1.03. The maximum absolute atomic E-state index is 5.35. The minimum Gasteiger partial charge on any atom is -0.469 e. The fraction of sp³-hybridized carbons (Fsp3) is 0.250. The third kappa shape index (κ3) is 3.51. The number of aromatic nitrogens is 3. The van der Waals surface area contributed by atoms with Crippen LogP contribution in [0.3, 0.4) is 0 Å². The number of hydrogen-bond acceptors (Lipinski definition) is 4. The summed E-state index contributed by atoms with van der Waals surface area (Å²) in [4.78, 5) is 1.60. The number of nitrogens with one attached hydrogen (secondary N) is 1. The van der Waals surface area contributed by atoms with E-state index in [1.165, 1.54) is 0 Å². The van der Waals surface area contributed by atoms with Crippen molar-refractivity contribution in [2.45, 2.75) is 25.8 Å². The van der Waals surface area contributed by atoms with Crippen LogP contribution in [0.2, 0.25) is 0 Å². The maximum atomic E-state index is 5.35. The van der Waals surface area contributed by atoms with Crippen LogP contribution in [0.4, 0.5) is 5.69 Å². The van der Waals surface area contributed by atoms with Crippen molar-refractivity contribution in [3.8, 4) is 5.69 Å². The molecule has 21 heavy (non-hydrogen) atoms. The van der Waals surface area contributed by atoms with E-state index in [1.54, 1.807) is 23.5 Å². The van der Waals surface area contributed by atoms with E-state index in [0.29, 0.717) is 6.04 Å². The molecule has 0 saturated heterocycles. The Balaban J connectivity index is 1.55. The molecule has 3 aromatic rings. The number of furan rings is 1. The average Bonchev–Trinajstić information content (AvgIpc) is 3.19. The van der Waals surface area contributed by atoms with Gasteiger partial charge in [-0.1, -0.05) is 0 Å². The first-order valence-corrected chi connectivity index (χ1v) is 7.07. The molecule has 3 rings (SSSR count). The molecule has 0 radical (unpaired) electrons. The van der Waals surface area contributed by atoms with Gasteiger partial charge in [-0.25, -0.2) is 0 Å². The molecule has 0 spiro atoms. The molecule has 5 heteroatoms. The van der Waals surface area contributed by atoms with E-state index in [-0.39, 0.29) is 0 Å². The molecular formula is C16H18N4O. The predicted molar refractivity (Wildman–Crippen MR) is 81.5 cm³/mol. The standard InChI is InChI=1S/C16H18N4O/c1-13(4-9-16-3-2-12-21-16)19-14-5-7-15(8-6-14)20-17-10-11-18-20/h2-3,5-8,10-13,19H,4,9H2,1H3. The van der Waals surface area contributed by atoms with Crippen molar-refractivity contribution in [1.82, 2.24) is 15.0 Å². The first-order valence-electron chi connectivity index (χ1n) is 7.07. The second-order valence-corrected chi connectivity index (χ2v) is 5.03. The van der Waals surface area contributed by atoms with E-state index in [4.69, 9.17) is 4.42 Å². The Bertz CT molecular complexity index is 644. The van der Waals surface area contributed by atoms with Crippen LogP contribution in [-0.2, 0) is 6.42 Å². The van der Waals surface area contributed by atoms with Crippen molar-refractivity contribution in [2.24, 2.45) is 0 Å². The SMILES string of the molecule is CC(CCc1ccco1)Nc1ccc(-n2nccn2)cc1. The number of anilines is 1. The molecule has 1 aromatic carbocycles. The summed E-state index contributed by atoms with van der Waals surface area (Å²) < 4.78 is 5.35. The van der Waals surface area contributed by atoms with Gasteiger partial charge in [-0.15, -0.1) is 0 Å². The smallest absolute Gasteiger partial charge is 0.103 e. The van der Waals surface area contributed by atoms with Crippen molar-refractivity contribution in [3.63, 3.8) is 0 Å². The lowest BCUT2D eigenvalue weighted by molar-refractivity contribution is 0.495. The van der Waals surface area contributed by atoms with E-state index in [9.17, 15) is 0 Å². The lowest BCUT2D eigenvalue weighted by Crippen LogP contribution is -2.15. The normalized spacial score (nSPS) is 12.2. The Labute approximate surface area is 123 Å². The molecule has 108 valence electrons. The molecule has 1 N–H and O–H groups in total. The summed E-state index contributed by atoms with van der Waals surface area (Å²) in [6.07, 6.45) is 7.02. The molecular weight excluding hydrogens is 264 g/mol. The summed E-state index contributed by atoms with van der Waals surface area (Å²) >= 11 is 0. The first-order chi connectivity index (χ1) is 10.3. The number of aryl methyl sites for hydroxylation is 1. The van der Waals surface area contributed by atoms with Crippen LogP contribution in [0.1, 0.15) is 19.1 Å². The minimum absolute atomic E-state index is 0.378. The molecule has 0 aliphatic rings. The molecule has 0 bridgehead atoms. The van der Waals surface area contributed by atoms with Crippen LogP contribution in [0, 0.1) is 0 Å². The fourth-order valence-electron chi connectivity index (χ4n) is 2.21. The highest BCUT2D eigenvalue weighted by Crippen LogP contribution is 2.14. The summed E-state index contributed by atoms with van der Waals surface area (Å²) in [7, 11) is 0. The summed E-state index contributed by atoms with van der Waals surface area (Å²) in [5, 5.41) is 11.7. The van der Waals surface area contributed by atoms with Crippen LogP contribution < -0.4 is 5.32 Å². The average molecular weight is 282 g/mol. The van der Waals surface area contributed by atoms with Gasteiger partial charge < -0.3 is 9.73 Å². The van der Waals surface area contributed by atoms with Crippen molar-refractivity contribution < 1.29 is 4.42 Å². The zero-order valence-electron chi connectivity index (χ0n) is 11.9. The van der Waals surface area contributed by atoms with Gasteiger partial charge in [0.05, 0.1) is 24.3 Å². The summed E-state index contributed by atoms with van der Waals surface area (Å²) in [5.41, 5.74) is 2.05. The third-order valence-corrected chi connectivity index (χ3v) is 3.33. The molecule has 2 aromatic heterocycles. The monoisotopic (exact) mass is 282 g/mol. The van der Waals surface area contributed by atoms with Crippen molar-refractivity contribution in [1.29, 1.82) is 0 Å². The van der Waals surface area contributed by atoms with Gasteiger partial charge in [0.25, 0.3) is 0 Å². The highest BCUT2D eigenvalue weighted by Gasteiger charge is 2.05. The number of nitrogens with zero attached hydrogens (tertiary/aromatic N) is 3. The number of hydrogen-bond donors (Lipinski definition) is 1. The highest BCUT2D eigenvalue weighted by atomic mass is 16.3. The second kappa shape index (κ2) is 6.26. The lowest BCUT2D eigenvalue weighted by atomic mass is 10.1. The minimum atomic E-state index is 0.378. The van der Waals surface area contributed by atoms with Gasteiger partial charge in [-0.3, -0.25) is 0 Å². The molecule has 5 nitrogen and oxygen atoms in total. The molecule has 0 aliphatic carbocycles. The van der Waals surface area contributed by atoms with Gasteiger partial charge in [0.15, 0.2) is 0 Å². The Morgan fingerprint density at radius 2 is 1.90 bits per heavy atom. The van der Waals surface area contributed by atoms with E-state index >= 15 is 0 Å². The van der Waals surface area contributed by atoms with Crippen molar-refractivity contribution in [3.05, 3.63) is 60.8 Å². The summed E-state index contributed by atoms with van der Waals surface area (Å²) in [6, 6.07) is 12.4. The quantitative estimate of drug-likeness (QED) is 0.753. The summed E-state index contributed by atoms with van der Waals surface area (Å²) in [6.45, 7) is 2.17. The van der Waals surface area contributed by atoms with Gasteiger partial charge >= 0.3 is 0 Å². The largest absolute Gasteiger partial charge is 0.469 e. The molecule has 2 heterocycles. The second-order valence-electron chi connectivity index (χ2n) is 5.03. The molecule has 1 atom stereocenters. The molecule has 0 amide bonds. The van der Waals surface area contributed by atoms with Gasteiger partial charge in [-0.05, 0) is 49.7 Å². The van der Waals surface area contributed by atoms with Crippen molar-refractivity contribution in [2.75, 3.05) is 5.32 Å². The Hall–Kier alpha value is -2.56. The van der Waals surface area contributed by atoms with Gasteiger partial charge in [0.1, 0.15) is 5.76 Å².